The second-order valence-electron chi connectivity index (χ2n) is 5.11. The standard InChI is InChI=1S/C15H19N3OS/c1-11-3-2-4-12(9-11)19-8-7-18-6-5-13-14(10-18)20-15(16)17-13/h2-4,9H,5-8,10H2,1H3,(H2,16,17). The lowest BCUT2D eigenvalue weighted by Crippen LogP contribution is -2.33. The van der Waals surface area contributed by atoms with E-state index in [4.69, 9.17) is 10.5 Å². The summed E-state index contributed by atoms with van der Waals surface area (Å²) in [5.74, 6) is 0.949. The van der Waals surface area contributed by atoms with Crippen LogP contribution in [-0.2, 0) is 13.0 Å². The number of anilines is 1. The Labute approximate surface area is 123 Å². The number of benzene rings is 1. The molecule has 0 unspecified atom stereocenters. The molecule has 4 nitrogen and oxygen atoms in total. The maximum Gasteiger partial charge on any atom is 0.180 e. The Bertz CT molecular complexity index is 597. The number of thiazole rings is 1. The summed E-state index contributed by atoms with van der Waals surface area (Å²) in [7, 11) is 0. The predicted octanol–water partition coefficient (Wildman–Crippen LogP) is 2.47. The van der Waals surface area contributed by atoms with Crippen molar-refractivity contribution in [1.29, 1.82) is 0 Å². The first kappa shape index (κ1) is 13.4. The summed E-state index contributed by atoms with van der Waals surface area (Å²) in [6.45, 7) is 5.71. The number of hydrogen-bond acceptors (Lipinski definition) is 5. The largest absolute Gasteiger partial charge is 0.492 e. The average Bonchev–Trinajstić information content (AvgIpc) is 2.78. The van der Waals surface area contributed by atoms with Gasteiger partial charge in [0.15, 0.2) is 5.13 Å². The van der Waals surface area contributed by atoms with E-state index in [1.165, 1.54) is 16.1 Å². The summed E-state index contributed by atoms with van der Waals surface area (Å²) in [6, 6.07) is 8.18. The van der Waals surface area contributed by atoms with Gasteiger partial charge in [0, 0.05) is 30.9 Å². The van der Waals surface area contributed by atoms with Gasteiger partial charge >= 0.3 is 0 Å². The van der Waals surface area contributed by atoms with Crippen molar-refractivity contribution in [3.8, 4) is 5.75 Å². The molecule has 0 aliphatic carbocycles. The number of hydrogen-bond donors (Lipinski definition) is 1. The fraction of sp³-hybridized carbons (Fsp3) is 0.400. The van der Waals surface area contributed by atoms with Crippen LogP contribution < -0.4 is 10.5 Å². The van der Waals surface area contributed by atoms with Crippen LogP contribution in [0.3, 0.4) is 0 Å². The summed E-state index contributed by atoms with van der Waals surface area (Å²) >= 11 is 1.61. The molecule has 0 fully saturated rings. The van der Waals surface area contributed by atoms with Crippen LogP contribution in [0.15, 0.2) is 24.3 Å². The van der Waals surface area contributed by atoms with Crippen molar-refractivity contribution in [2.75, 3.05) is 25.4 Å². The number of fused-ring (bicyclic) bond motifs is 1. The summed E-state index contributed by atoms with van der Waals surface area (Å²) in [5.41, 5.74) is 8.17. The molecule has 1 aromatic carbocycles. The molecule has 2 aromatic rings. The van der Waals surface area contributed by atoms with Crippen molar-refractivity contribution in [2.24, 2.45) is 0 Å². The molecule has 0 saturated heterocycles. The van der Waals surface area contributed by atoms with Crippen molar-refractivity contribution in [3.05, 3.63) is 40.4 Å². The number of aryl methyl sites for hydroxylation is 1. The Morgan fingerprint density at radius 3 is 3.20 bits per heavy atom. The molecule has 106 valence electrons. The summed E-state index contributed by atoms with van der Waals surface area (Å²) in [4.78, 5) is 8.07. The quantitative estimate of drug-likeness (QED) is 0.939. The van der Waals surface area contributed by atoms with Crippen molar-refractivity contribution in [1.82, 2.24) is 9.88 Å². The molecular formula is C15H19N3OS. The van der Waals surface area contributed by atoms with Crippen molar-refractivity contribution in [2.45, 2.75) is 19.9 Å². The third-order valence-corrected chi connectivity index (χ3v) is 4.40. The van der Waals surface area contributed by atoms with E-state index in [-0.39, 0.29) is 0 Å². The van der Waals surface area contributed by atoms with Gasteiger partial charge in [0.1, 0.15) is 12.4 Å². The Morgan fingerprint density at radius 2 is 2.35 bits per heavy atom. The first-order valence-corrected chi connectivity index (χ1v) is 7.68. The van der Waals surface area contributed by atoms with Gasteiger partial charge < -0.3 is 10.5 Å². The van der Waals surface area contributed by atoms with E-state index in [1.54, 1.807) is 11.3 Å². The lowest BCUT2D eigenvalue weighted by Gasteiger charge is -2.25. The predicted molar refractivity (Wildman–Crippen MR) is 82.2 cm³/mol. The zero-order chi connectivity index (χ0) is 13.9. The zero-order valence-electron chi connectivity index (χ0n) is 11.6. The van der Waals surface area contributed by atoms with Gasteiger partial charge in [-0.3, -0.25) is 4.90 Å². The summed E-state index contributed by atoms with van der Waals surface area (Å²) in [5, 5.41) is 0.688. The Balaban J connectivity index is 1.50. The molecule has 5 heteroatoms. The number of nitrogens with two attached hydrogens (primary N) is 1. The molecule has 0 bridgehead atoms. The third kappa shape index (κ3) is 3.11. The molecular weight excluding hydrogens is 270 g/mol. The van der Waals surface area contributed by atoms with Crippen molar-refractivity contribution >= 4 is 16.5 Å². The Hall–Kier alpha value is -1.59. The SMILES string of the molecule is Cc1cccc(OCCN2CCc3nc(N)sc3C2)c1. The Kier molecular flexibility index (Phi) is 3.89. The van der Waals surface area contributed by atoms with Gasteiger partial charge in [0.2, 0.25) is 0 Å². The van der Waals surface area contributed by atoms with Crippen LogP contribution >= 0.6 is 11.3 Å². The average molecular weight is 289 g/mol. The molecule has 0 radical (unpaired) electrons. The lowest BCUT2D eigenvalue weighted by molar-refractivity contribution is 0.197. The van der Waals surface area contributed by atoms with Crippen LogP contribution in [0.5, 0.6) is 5.75 Å². The van der Waals surface area contributed by atoms with Gasteiger partial charge in [-0.05, 0) is 24.6 Å². The highest BCUT2D eigenvalue weighted by Gasteiger charge is 2.19. The molecule has 20 heavy (non-hydrogen) atoms. The molecule has 1 aliphatic heterocycles. The molecule has 0 atom stereocenters. The van der Waals surface area contributed by atoms with Crippen LogP contribution in [0.2, 0.25) is 0 Å². The maximum absolute atomic E-state index is 5.80. The summed E-state index contributed by atoms with van der Waals surface area (Å²) in [6.07, 6.45) is 0.994. The highest BCUT2D eigenvalue weighted by Crippen LogP contribution is 2.26. The van der Waals surface area contributed by atoms with Crippen molar-refractivity contribution < 1.29 is 4.74 Å². The van der Waals surface area contributed by atoms with Gasteiger partial charge in [0.25, 0.3) is 0 Å². The maximum atomic E-state index is 5.80. The minimum Gasteiger partial charge on any atom is -0.492 e. The second-order valence-corrected chi connectivity index (χ2v) is 6.23. The smallest absolute Gasteiger partial charge is 0.180 e. The molecule has 3 rings (SSSR count). The molecule has 1 aromatic heterocycles. The van der Waals surface area contributed by atoms with Gasteiger partial charge in [-0.15, -0.1) is 11.3 Å². The highest BCUT2D eigenvalue weighted by molar-refractivity contribution is 7.15. The second kappa shape index (κ2) is 5.81. The fourth-order valence-corrected chi connectivity index (χ4v) is 3.38. The number of nitrogens with zero attached hydrogens (tertiary/aromatic N) is 2. The van der Waals surface area contributed by atoms with Gasteiger partial charge in [-0.2, -0.15) is 0 Å². The molecule has 0 spiro atoms. The molecule has 0 saturated carbocycles. The monoisotopic (exact) mass is 289 g/mol. The van der Waals surface area contributed by atoms with Crippen LogP contribution in [0.1, 0.15) is 16.1 Å². The first-order chi connectivity index (χ1) is 9.70. The molecule has 0 amide bonds. The van der Waals surface area contributed by atoms with Crippen LogP contribution in [0, 0.1) is 6.92 Å². The van der Waals surface area contributed by atoms with E-state index >= 15 is 0 Å². The minimum atomic E-state index is 0.688. The van der Waals surface area contributed by atoms with Crippen LogP contribution in [-0.4, -0.2) is 29.6 Å². The number of aromatic nitrogens is 1. The van der Waals surface area contributed by atoms with Gasteiger partial charge in [-0.1, -0.05) is 12.1 Å². The van der Waals surface area contributed by atoms with Crippen LogP contribution in [0.25, 0.3) is 0 Å². The number of rotatable bonds is 4. The van der Waals surface area contributed by atoms with E-state index < -0.39 is 0 Å². The third-order valence-electron chi connectivity index (χ3n) is 3.49. The van der Waals surface area contributed by atoms with E-state index in [0.717, 1.165) is 31.8 Å². The van der Waals surface area contributed by atoms with Crippen molar-refractivity contribution in [3.63, 3.8) is 0 Å². The Morgan fingerprint density at radius 1 is 1.45 bits per heavy atom. The summed E-state index contributed by atoms with van der Waals surface area (Å²) < 4.78 is 5.80. The first-order valence-electron chi connectivity index (χ1n) is 6.86. The lowest BCUT2D eigenvalue weighted by atomic mass is 10.2. The van der Waals surface area contributed by atoms with E-state index in [9.17, 15) is 0 Å². The molecule has 2 N–H and O–H groups in total. The minimum absolute atomic E-state index is 0.688. The molecule has 1 aliphatic rings. The van der Waals surface area contributed by atoms with Gasteiger partial charge in [0.05, 0.1) is 5.69 Å². The topological polar surface area (TPSA) is 51.4 Å². The number of ether oxygens (including phenoxy) is 1. The number of nitrogen functional groups attached to an aromatic ring is 1. The van der Waals surface area contributed by atoms with E-state index in [1.807, 2.05) is 12.1 Å². The normalized spacial score (nSPS) is 15.1. The molecule has 2 heterocycles. The van der Waals surface area contributed by atoms with E-state index in [2.05, 4.69) is 28.9 Å². The van der Waals surface area contributed by atoms with Crippen LogP contribution in [0.4, 0.5) is 5.13 Å². The van der Waals surface area contributed by atoms with Gasteiger partial charge in [-0.25, -0.2) is 4.98 Å². The zero-order valence-corrected chi connectivity index (χ0v) is 12.4. The fourth-order valence-electron chi connectivity index (χ4n) is 2.46. The van der Waals surface area contributed by atoms with E-state index in [0.29, 0.717) is 11.7 Å². The highest BCUT2D eigenvalue weighted by atomic mass is 32.1.